The molecule has 0 spiro atoms. The molecular formula is C13H16ClNO4. The second-order valence-corrected chi connectivity index (χ2v) is 4.30. The molecular weight excluding hydrogens is 270 g/mol. The molecule has 1 fully saturated rings. The van der Waals surface area contributed by atoms with Crippen molar-refractivity contribution >= 4 is 24.3 Å². The van der Waals surface area contributed by atoms with Crippen molar-refractivity contribution in [3.8, 4) is 0 Å². The largest absolute Gasteiger partial charge is 0.480 e. The lowest BCUT2D eigenvalue weighted by molar-refractivity contribution is -0.139. The zero-order valence-electron chi connectivity index (χ0n) is 10.2. The van der Waals surface area contributed by atoms with Gasteiger partial charge >= 0.3 is 11.9 Å². The monoisotopic (exact) mass is 285 g/mol. The van der Waals surface area contributed by atoms with Gasteiger partial charge in [-0.25, -0.2) is 4.79 Å². The van der Waals surface area contributed by atoms with Gasteiger partial charge in [-0.3, -0.25) is 10.1 Å². The van der Waals surface area contributed by atoms with Gasteiger partial charge in [0.25, 0.3) is 0 Å². The molecule has 1 aliphatic rings. The van der Waals surface area contributed by atoms with Crippen molar-refractivity contribution in [3.63, 3.8) is 0 Å². The third-order valence-corrected chi connectivity index (χ3v) is 2.96. The average Bonchev–Trinajstić information content (AvgIpc) is 2.86. The van der Waals surface area contributed by atoms with Crippen molar-refractivity contribution < 1.29 is 19.4 Å². The fourth-order valence-electron chi connectivity index (χ4n) is 1.98. The lowest BCUT2D eigenvalue weighted by atomic mass is 10.2. The third kappa shape index (κ3) is 4.22. The Balaban J connectivity index is 0.00000180. The Hall–Kier alpha value is -1.59. The van der Waals surface area contributed by atoms with Crippen LogP contribution < -0.4 is 5.32 Å². The second kappa shape index (κ2) is 7.11. The number of carboxylic acids is 1. The average molecular weight is 286 g/mol. The van der Waals surface area contributed by atoms with E-state index in [4.69, 9.17) is 9.84 Å². The number of rotatable bonds is 4. The first-order chi connectivity index (χ1) is 8.66. The zero-order valence-corrected chi connectivity index (χ0v) is 11.1. The third-order valence-electron chi connectivity index (χ3n) is 2.96. The summed E-state index contributed by atoms with van der Waals surface area (Å²) in [5.41, 5.74) is 0.505. The van der Waals surface area contributed by atoms with Gasteiger partial charge in [-0.05, 0) is 25.0 Å². The van der Waals surface area contributed by atoms with Crippen molar-refractivity contribution in [2.24, 2.45) is 0 Å². The van der Waals surface area contributed by atoms with E-state index in [9.17, 15) is 9.59 Å². The van der Waals surface area contributed by atoms with Crippen molar-refractivity contribution in [2.75, 3.05) is 6.61 Å². The molecule has 2 rings (SSSR count). The molecule has 2 atom stereocenters. The van der Waals surface area contributed by atoms with Gasteiger partial charge in [0.05, 0.1) is 5.56 Å². The predicted octanol–water partition coefficient (Wildman–Crippen LogP) is 1.47. The molecule has 0 aliphatic carbocycles. The number of esters is 1. The van der Waals surface area contributed by atoms with Gasteiger partial charge in [0.15, 0.2) is 0 Å². The lowest BCUT2D eigenvalue weighted by Gasteiger charge is -2.12. The number of carbonyl (C=O) groups is 2. The Morgan fingerprint density at radius 3 is 2.53 bits per heavy atom. The van der Waals surface area contributed by atoms with Crippen molar-refractivity contribution in [1.29, 1.82) is 0 Å². The number of carbonyl (C=O) groups excluding carboxylic acids is 1. The van der Waals surface area contributed by atoms with E-state index in [1.54, 1.807) is 24.3 Å². The van der Waals surface area contributed by atoms with E-state index in [2.05, 4.69) is 5.32 Å². The van der Waals surface area contributed by atoms with E-state index >= 15 is 0 Å². The van der Waals surface area contributed by atoms with Crippen LogP contribution in [0.25, 0.3) is 0 Å². The van der Waals surface area contributed by atoms with Crippen LogP contribution in [0.5, 0.6) is 0 Å². The van der Waals surface area contributed by atoms with E-state index in [0.29, 0.717) is 18.4 Å². The van der Waals surface area contributed by atoms with Crippen molar-refractivity contribution in [1.82, 2.24) is 5.32 Å². The number of carboxylic acid groups (broad SMARTS) is 1. The van der Waals surface area contributed by atoms with Gasteiger partial charge in [-0.15, -0.1) is 12.4 Å². The number of benzene rings is 1. The van der Waals surface area contributed by atoms with E-state index < -0.39 is 12.0 Å². The summed E-state index contributed by atoms with van der Waals surface area (Å²) in [5.74, 6) is -1.23. The fourth-order valence-corrected chi connectivity index (χ4v) is 1.98. The minimum absolute atomic E-state index is 0. The molecule has 1 aliphatic heterocycles. The number of nitrogens with one attached hydrogen (secondary N) is 1. The highest BCUT2D eigenvalue weighted by Crippen LogP contribution is 2.13. The van der Waals surface area contributed by atoms with E-state index in [1.165, 1.54) is 0 Å². The van der Waals surface area contributed by atoms with Gasteiger partial charge in [0.1, 0.15) is 12.6 Å². The normalized spacial score (nSPS) is 21.5. The van der Waals surface area contributed by atoms with Gasteiger partial charge in [0, 0.05) is 6.04 Å². The first-order valence-corrected chi connectivity index (χ1v) is 5.88. The number of halogens is 1. The minimum Gasteiger partial charge on any atom is -0.480 e. The second-order valence-electron chi connectivity index (χ2n) is 4.30. The number of aliphatic carboxylic acids is 1. The first kappa shape index (κ1) is 15.5. The van der Waals surface area contributed by atoms with Gasteiger partial charge < -0.3 is 9.84 Å². The van der Waals surface area contributed by atoms with Crippen molar-refractivity contribution in [2.45, 2.75) is 24.9 Å². The molecule has 0 amide bonds. The maximum absolute atomic E-state index is 11.7. The Bertz CT molecular complexity index is 438. The standard InChI is InChI=1S/C13H15NO4.ClH/c15-12(16)11-7-6-10(14-11)8-18-13(17)9-4-2-1-3-5-9;/h1-5,10-11,14H,6-8H2,(H,15,16);1H/t10-,11-;/m0./s1. The number of ether oxygens (including phenoxy) is 1. The van der Waals surface area contributed by atoms with Crippen LogP contribution in [0.15, 0.2) is 30.3 Å². The smallest absolute Gasteiger partial charge is 0.338 e. The van der Waals surface area contributed by atoms with E-state index in [1.807, 2.05) is 6.07 Å². The molecule has 1 aromatic rings. The molecule has 0 bridgehead atoms. The number of hydrogen-bond acceptors (Lipinski definition) is 4. The molecule has 0 unspecified atom stereocenters. The van der Waals surface area contributed by atoms with Crippen LogP contribution in [0.2, 0.25) is 0 Å². The molecule has 0 radical (unpaired) electrons. The van der Waals surface area contributed by atoms with Crippen LogP contribution in [-0.4, -0.2) is 35.7 Å². The summed E-state index contributed by atoms with van der Waals surface area (Å²) in [7, 11) is 0. The highest BCUT2D eigenvalue weighted by atomic mass is 35.5. The predicted molar refractivity (Wildman–Crippen MR) is 71.6 cm³/mol. The van der Waals surface area contributed by atoms with Crippen LogP contribution in [0.1, 0.15) is 23.2 Å². The SMILES string of the molecule is Cl.O=C(OC[C@@H]1CC[C@@H](C(=O)O)N1)c1ccccc1. The molecule has 19 heavy (non-hydrogen) atoms. The highest BCUT2D eigenvalue weighted by Gasteiger charge is 2.29. The summed E-state index contributed by atoms with van der Waals surface area (Å²) in [4.78, 5) is 22.4. The molecule has 5 nitrogen and oxygen atoms in total. The quantitative estimate of drug-likeness (QED) is 0.820. The van der Waals surface area contributed by atoms with Crippen LogP contribution in [0, 0.1) is 0 Å². The fraction of sp³-hybridized carbons (Fsp3) is 0.385. The topological polar surface area (TPSA) is 75.6 Å². The van der Waals surface area contributed by atoms with Crippen molar-refractivity contribution in [3.05, 3.63) is 35.9 Å². The first-order valence-electron chi connectivity index (χ1n) is 5.88. The maximum atomic E-state index is 11.7. The summed E-state index contributed by atoms with van der Waals surface area (Å²) in [5, 5.41) is 11.7. The summed E-state index contributed by atoms with van der Waals surface area (Å²) >= 11 is 0. The van der Waals surface area contributed by atoms with Gasteiger partial charge in [0.2, 0.25) is 0 Å². The van der Waals surface area contributed by atoms with E-state index in [-0.39, 0.29) is 31.0 Å². The van der Waals surface area contributed by atoms with Crippen LogP contribution >= 0.6 is 12.4 Å². The molecule has 0 saturated carbocycles. The zero-order chi connectivity index (χ0) is 13.0. The summed E-state index contributed by atoms with van der Waals surface area (Å²) in [6.07, 6.45) is 1.28. The molecule has 2 N–H and O–H groups in total. The number of hydrogen-bond donors (Lipinski definition) is 2. The summed E-state index contributed by atoms with van der Waals surface area (Å²) in [6, 6.07) is 8.14. The Morgan fingerprint density at radius 1 is 1.26 bits per heavy atom. The van der Waals surface area contributed by atoms with E-state index in [0.717, 1.165) is 0 Å². The van der Waals surface area contributed by atoms with Gasteiger partial charge in [-0.1, -0.05) is 18.2 Å². The lowest BCUT2D eigenvalue weighted by Crippen LogP contribution is -2.37. The van der Waals surface area contributed by atoms with Gasteiger partial charge in [-0.2, -0.15) is 0 Å². The minimum atomic E-state index is -0.855. The molecule has 1 aromatic carbocycles. The maximum Gasteiger partial charge on any atom is 0.338 e. The molecule has 1 saturated heterocycles. The molecule has 6 heteroatoms. The molecule has 1 heterocycles. The Kier molecular flexibility index (Phi) is 5.79. The Morgan fingerprint density at radius 2 is 1.95 bits per heavy atom. The molecule has 104 valence electrons. The molecule has 0 aromatic heterocycles. The summed E-state index contributed by atoms with van der Waals surface area (Å²) < 4.78 is 5.15. The summed E-state index contributed by atoms with van der Waals surface area (Å²) in [6.45, 7) is 0.206. The van der Waals surface area contributed by atoms with Crippen LogP contribution in [0.3, 0.4) is 0 Å². The Labute approximate surface area is 117 Å². The highest BCUT2D eigenvalue weighted by molar-refractivity contribution is 5.89. The van der Waals surface area contributed by atoms with Crippen LogP contribution in [0.4, 0.5) is 0 Å². The van der Waals surface area contributed by atoms with Crippen LogP contribution in [-0.2, 0) is 9.53 Å².